The molecule has 5 nitrogen and oxygen atoms in total. The Hall–Kier alpha value is -0.970. The summed E-state index contributed by atoms with van der Waals surface area (Å²) in [4.78, 5) is 19.5. The van der Waals surface area contributed by atoms with Gasteiger partial charge in [-0.05, 0) is 0 Å². The van der Waals surface area contributed by atoms with Gasteiger partial charge in [0, 0.05) is 13.0 Å². The Kier molecular flexibility index (Phi) is 3.54. The zero-order valence-corrected chi connectivity index (χ0v) is 4.65. The molecule has 0 bridgehead atoms. The lowest BCUT2D eigenvalue weighted by Crippen LogP contribution is -2.18. The highest BCUT2D eigenvalue weighted by atomic mass is 16.4. The van der Waals surface area contributed by atoms with Crippen LogP contribution in [0.5, 0.6) is 0 Å². The highest BCUT2D eigenvalue weighted by molar-refractivity contribution is 5.73. The first-order chi connectivity index (χ1) is 4.22. The van der Waals surface area contributed by atoms with Crippen LogP contribution < -0.4 is 0 Å². The zero-order valence-electron chi connectivity index (χ0n) is 4.65. The first-order valence-electron chi connectivity index (χ1n) is 2.38. The van der Waals surface area contributed by atoms with Crippen molar-refractivity contribution in [3.63, 3.8) is 0 Å². The van der Waals surface area contributed by atoms with Gasteiger partial charge in [0.2, 0.25) is 0 Å². The van der Waals surface area contributed by atoms with Crippen LogP contribution in [0.4, 0.5) is 0 Å². The van der Waals surface area contributed by atoms with Crippen LogP contribution in [0.25, 0.3) is 0 Å². The monoisotopic (exact) mass is 133 g/mol. The zero-order chi connectivity index (χ0) is 7.28. The Morgan fingerprint density at radius 1 is 1.67 bits per heavy atom. The second-order valence-electron chi connectivity index (χ2n) is 1.47. The molecule has 0 aromatic carbocycles. The van der Waals surface area contributed by atoms with Crippen LogP contribution in [0, 0.1) is 4.91 Å². The van der Waals surface area contributed by atoms with Crippen LogP contribution in [0.3, 0.4) is 0 Å². The number of hydrogen-bond acceptors (Lipinski definition) is 4. The van der Waals surface area contributed by atoms with Crippen LogP contribution in [0.1, 0.15) is 6.42 Å². The van der Waals surface area contributed by atoms with Crippen molar-refractivity contribution in [1.29, 1.82) is 0 Å². The largest absolute Gasteiger partial charge is 0.480 e. The topological polar surface area (TPSA) is 87.0 Å². The summed E-state index contributed by atoms with van der Waals surface area (Å²) >= 11 is 0. The predicted octanol–water partition coefficient (Wildman–Crippen LogP) is -0.412. The van der Waals surface area contributed by atoms with Crippen molar-refractivity contribution < 1.29 is 15.0 Å². The van der Waals surface area contributed by atoms with E-state index in [9.17, 15) is 9.70 Å². The normalized spacial score (nSPS) is 12.6. The van der Waals surface area contributed by atoms with Crippen molar-refractivity contribution >= 4 is 5.97 Å². The molecule has 5 heteroatoms. The lowest BCUT2D eigenvalue weighted by molar-refractivity contribution is -0.138. The number of carboxylic acids is 1. The van der Waals surface area contributed by atoms with Crippen molar-refractivity contribution in [3.05, 3.63) is 4.91 Å². The molecule has 2 N–H and O–H groups in total. The minimum Gasteiger partial charge on any atom is -0.480 e. The average Bonchev–Trinajstić information content (AvgIpc) is 1.82. The van der Waals surface area contributed by atoms with Gasteiger partial charge in [-0.3, -0.25) is 0 Å². The van der Waals surface area contributed by atoms with Gasteiger partial charge in [0.1, 0.15) is 0 Å². The molecule has 0 aromatic heterocycles. The van der Waals surface area contributed by atoms with Gasteiger partial charge in [-0.25, -0.2) is 4.79 Å². The molecule has 0 saturated heterocycles. The van der Waals surface area contributed by atoms with Gasteiger partial charge >= 0.3 is 5.97 Å². The first kappa shape index (κ1) is 8.03. The maximum absolute atomic E-state index is 9.92. The third kappa shape index (κ3) is 2.76. The summed E-state index contributed by atoms with van der Waals surface area (Å²) in [7, 11) is 0. The fourth-order valence-corrected chi connectivity index (χ4v) is 0.344. The maximum Gasteiger partial charge on any atom is 0.332 e. The van der Waals surface area contributed by atoms with Gasteiger partial charge in [0.15, 0.2) is 6.04 Å². The van der Waals surface area contributed by atoms with Crippen molar-refractivity contribution in [2.75, 3.05) is 6.61 Å². The van der Waals surface area contributed by atoms with Crippen LogP contribution in [0.2, 0.25) is 0 Å². The SMILES string of the molecule is O=N[C@@H](CCO)C(=O)O. The molecule has 1 atom stereocenters. The Labute approximate surface area is 51.3 Å². The van der Waals surface area contributed by atoms with Gasteiger partial charge in [0.05, 0.1) is 0 Å². The fourth-order valence-electron chi connectivity index (χ4n) is 0.344. The first-order valence-corrected chi connectivity index (χ1v) is 2.38. The van der Waals surface area contributed by atoms with Crippen LogP contribution >= 0.6 is 0 Å². The molecule has 0 aromatic rings. The highest BCUT2D eigenvalue weighted by Crippen LogP contribution is 1.95. The van der Waals surface area contributed by atoms with Crippen molar-refractivity contribution in [2.45, 2.75) is 12.5 Å². The van der Waals surface area contributed by atoms with Gasteiger partial charge in [-0.1, -0.05) is 5.18 Å². The van der Waals surface area contributed by atoms with E-state index >= 15 is 0 Å². The quantitative estimate of drug-likeness (QED) is 0.510. The number of nitroso groups, excluding NO2 is 1. The molecule has 0 aliphatic rings. The molecule has 0 fully saturated rings. The number of aliphatic carboxylic acids is 1. The molecule has 0 rings (SSSR count). The third-order valence-corrected chi connectivity index (χ3v) is 0.815. The van der Waals surface area contributed by atoms with Gasteiger partial charge < -0.3 is 10.2 Å². The van der Waals surface area contributed by atoms with Gasteiger partial charge in [-0.2, -0.15) is 0 Å². The Bertz CT molecular complexity index is 113. The maximum atomic E-state index is 9.92. The van der Waals surface area contributed by atoms with Gasteiger partial charge in [0.25, 0.3) is 0 Å². The molecule has 0 aliphatic heterocycles. The number of rotatable bonds is 4. The molecular weight excluding hydrogens is 126 g/mol. The Morgan fingerprint density at radius 3 is 2.33 bits per heavy atom. The molecule has 9 heavy (non-hydrogen) atoms. The fraction of sp³-hybridized carbons (Fsp3) is 0.750. The van der Waals surface area contributed by atoms with E-state index in [1.165, 1.54) is 0 Å². The van der Waals surface area contributed by atoms with E-state index in [2.05, 4.69) is 5.18 Å². The summed E-state index contributed by atoms with van der Waals surface area (Å²) in [6.07, 6.45) is -0.112. The molecular formula is C4H7NO4. The van der Waals surface area contributed by atoms with E-state index in [-0.39, 0.29) is 13.0 Å². The summed E-state index contributed by atoms with van der Waals surface area (Å²) in [6.45, 7) is -0.331. The second-order valence-corrected chi connectivity index (χ2v) is 1.47. The van der Waals surface area contributed by atoms with Gasteiger partial charge in [-0.15, -0.1) is 4.91 Å². The Morgan fingerprint density at radius 2 is 2.22 bits per heavy atom. The average molecular weight is 133 g/mol. The summed E-state index contributed by atoms with van der Waals surface area (Å²) in [5.41, 5.74) is 0. The number of hydrogen-bond donors (Lipinski definition) is 2. The molecule has 0 saturated carbocycles. The standard InChI is InChI=1S/C4H7NO4/c6-2-1-3(5-9)4(7)8/h3,6H,1-2H2,(H,7,8)/t3-/m0/s1. The molecule has 0 aliphatic carbocycles. The summed E-state index contributed by atoms with van der Waals surface area (Å²) in [5, 5.41) is 18.5. The lowest BCUT2D eigenvalue weighted by atomic mass is 10.2. The van der Waals surface area contributed by atoms with E-state index in [0.29, 0.717) is 0 Å². The van der Waals surface area contributed by atoms with E-state index in [1.54, 1.807) is 0 Å². The second kappa shape index (κ2) is 3.96. The van der Waals surface area contributed by atoms with E-state index < -0.39 is 12.0 Å². The van der Waals surface area contributed by atoms with Crippen LogP contribution in [0.15, 0.2) is 5.18 Å². The molecule has 0 amide bonds. The molecule has 0 spiro atoms. The lowest BCUT2D eigenvalue weighted by Gasteiger charge is -1.97. The third-order valence-electron chi connectivity index (χ3n) is 0.815. The number of nitrogens with zero attached hydrogens (tertiary/aromatic N) is 1. The minimum absolute atomic E-state index is 0.112. The van der Waals surface area contributed by atoms with Crippen molar-refractivity contribution in [1.82, 2.24) is 0 Å². The summed E-state index contributed by atoms with van der Waals surface area (Å²) in [5.74, 6) is -1.29. The van der Waals surface area contributed by atoms with E-state index in [1.807, 2.05) is 0 Å². The molecule has 52 valence electrons. The number of aliphatic hydroxyl groups excluding tert-OH is 1. The summed E-state index contributed by atoms with van der Waals surface area (Å²) < 4.78 is 0. The van der Waals surface area contributed by atoms with Crippen LogP contribution in [-0.2, 0) is 4.79 Å². The predicted molar refractivity (Wildman–Crippen MR) is 28.9 cm³/mol. The Balaban J connectivity index is 3.68. The molecule has 0 unspecified atom stereocenters. The summed E-state index contributed by atoms with van der Waals surface area (Å²) in [6, 6.07) is -1.30. The van der Waals surface area contributed by atoms with Crippen molar-refractivity contribution in [2.24, 2.45) is 5.18 Å². The smallest absolute Gasteiger partial charge is 0.332 e. The molecule has 0 heterocycles. The minimum atomic E-state index is -1.30. The number of carbonyl (C=O) groups is 1. The molecule has 0 radical (unpaired) electrons. The van der Waals surface area contributed by atoms with Crippen molar-refractivity contribution in [3.8, 4) is 0 Å². The van der Waals surface area contributed by atoms with E-state index in [0.717, 1.165) is 0 Å². The number of carboxylic acid groups (broad SMARTS) is 1. The number of aliphatic hydroxyl groups is 1. The van der Waals surface area contributed by atoms with E-state index in [4.69, 9.17) is 10.2 Å². The highest BCUT2D eigenvalue weighted by Gasteiger charge is 2.15. The van der Waals surface area contributed by atoms with Crippen LogP contribution in [-0.4, -0.2) is 28.8 Å².